The van der Waals surface area contributed by atoms with E-state index in [-0.39, 0.29) is 0 Å². The Balaban J connectivity index is 3.10. The average molecular weight is 115 g/mol. The molecule has 0 unspecified atom stereocenters. The van der Waals surface area contributed by atoms with Gasteiger partial charge in [-0.1, -0.05) is 6.92 Å². The van der Waals surface area contributed by atoms with Crippen LogP contribution in [0.25, 0.3) is 0 Å². The van der Waals surface area contributed by atoms with Gasteiger partial charge in [-0.3, -0.25) is 4.99 Å². The highest BCUT2D eigenvalue weighted by Gasteiger charge is 1.82. The molecule has 0 aromatic rings. The summed E-state index contributed by atoms with van der Waals surface area (Å²) in [5.74, 6) is 0. The van der Waals surface area contributed by atoms with E-state index in [9.17, 15) is 0 Å². The molecular weight excluding hydrogens is 102 g/mol. The van der Waals surface area contributed by atoms with Crippen molar-refractivity contribution in [1.82, 2.24) is 10.4 Å². The molecule has 0 aliphatic rings. The van der Waals surface area contributed by atoms with E-state index in [2.05, 4.69) is 17.3 Å². The fourth-order valence-electron chi connectivity index (χ4n) is 0.248. The summed E-state index contributed by atoms with van der Waals surface area (Å²) in [4.78, 5) is 3.75. The van der Waals surface area contributed by atoms with Crippen LogP contribution in [0.3, 0.4) is 0 Å². The number of aliphatic imine (C=N–C) groups is 1. The third-order valence-corrected chi connectivity index (χ3v) is 0.882. The Bertz CT molecular complexity index is 70.1. The smallest absolute Gasteiger partial charge is 0.0964 e. The minimum Gasteiger partial charge on any atom is -0.310 e. The SMILES string of the molecule is CCN(C)NC=NC. The minimum absolute atomic E-state index is 0.978. The van der Waals surface area contributed by atoms with Gasteiger partial charge in [-0.25, -0.2) is 5.01 Å². The van der Waals surface area contributed by atoms with Crippen LogP contribution in [0.15, 0.2) is 4.99 Å². The van der Waals surface area contributed by atoms with E-state index >= 15 is 0 Å². The Morgan fingerprint density at radius 2 is 2.38 bits per heavy atom. The van der Waals surface area contributed by atoms with Crippen LogP contribution in [0.2, 0.25) is 0 Å². The molecule has 0 amide bonds. The number of hydrogen-bond acceptors (Lipinski definition) is 2. The Morgan fingerprint density at radius 1 is 1.75 bits per heavy atom. The first kappa shape index (κ1) is 7.43. The molecule has 0 saturated carbocycles. The van der Waals surface area contributed by atoms with E-state index < -0.39 is 0 Å². The van der Waals surface area contributed by atoms with Crippen molar-refractivity contribution < 1.29 is 0 Å². The zero-order valence-corrected chi connectivity index (χ0v) is 5.68. The van der Waals surface area contributed by atoms with Crippen LogP contribution < -0.4 is 5.43 Å². The second kappa shape index (κ2) is 4.59. The first-order valence-corrected chi connectivity index (χ1v) is 2.69. The fraction of sp³-hybridized carbons (Fsp3) is 0.800. The number of nitrogens with one attached hydrogen (secondary N) is 1. The maximum Gasteiger partial charge on any atom is 0.0964 e. The van der Waals surface area contributed by atoms with Crippen LogP contribution in [-0.4, -0.2) is 32.0 Å². The summed E-state index contributed by atoms with van der Waals surface area (Å²) in [5.41, 5.74) is 2.92. The number of hydrogen-bond donors (Lipinski definition) is 1. The van der Waals surface area contributed by atoms with Crippen LogP contribution in [0.1, 0.15) is 6.92 Å². The standard InChI is InChI=1S/C5H13N3/c1-4-8(3)7-5-6-2/h5H,4H2,1-3H3,(H,6,7). The van der Waals surface area contributed by atoms with Crippen LogP contribution >= 0.6 is 0 Å². The summed E-state index contributed by atoms with van der Waals surface area (Å²) in [6.45, 7) is 3.04. The van der Waals surface area contributed by atoms with E-state index in [4.69, 9.17) is 0 Å². The minimum atomic E-state index is 0.978. The van der Waals surface area contributed by atoms with Crippen LogP contribution in [0, 0.1) is 0 Å². The Kier molecular flexibility index (Phi) is 4.26. The molecule has 0 spiro atoms. The van der Waals surface area contributed by atoms with Crippen molar-refractivity contribution in [2.24, 2.45) is 4.99 Å². The summed E-state index contributed by atoms with van der Waals surface area (Å²) in [6, 6.07) is 0. The van der Waals surface area contributed by atoms with Crippen molar-refractivity contribution >= 4 is 6.34 Å². The maximum absolute atomic E-state index is 3.75. The predicted octanol–water partition coefficient (Wildman–Crippen LogP) is 0.101. The fourth-order valence-corrected chi connectivity index (χ4v) is 0.248. The lowest BCUT2D eigenvalue weighted by Gasteiger charge is -2.11. The third-order valence-electron chi connectivity index (χ3n) is 0.882. The second-order valence-corrected chi connectivity index (χ2v) is 1.53. The van der Waals surface area contributed by atoms with Gasteiger partial charge in [-0.2, -0.15) is 0 Å². The van der Waals surface area contributed by atoms with E-state index in [1.165, 1.54) is 0 Å². The van der Waals surface area contributed by atoms with Gasteiger partial charge in [0, 0.05) is 20.6 Å². The molecule has 0 atom stereocenters. The molecule has 3 nitrogen and oxygen atoms in total. The van der Waals surface area contributed by atoms with Crippen LogP contribution in [0.5, 0.6) is 0 Å². The molecule has 0 bridgehead atoms. The molecule has 1 N–H and O–H groups in total. The number of rotatable bonds is 3. The molecule has 8 heavy (non-hydrogen) atoms. The quantitative estimate of drug-likeness (QED) is 0.321. The lowest BCUT2D eigenvalue weighted by Crippen LogP contribution is -2.32. The molecule has 0 fully saturated rings. The molecule has 0 heterocycles. The Hall–Kier alpha value is -0.570. The largest absolute Gasteiger partial charge is 0.310 e. The highest BCUT2D eigenvalue weighted by molar-refractivity contribution is 5.52. The van der Waals surface area contributed by atoms with Gasteiger partial charge < -0.3 is 5.43 Å². The Morgan fingerprint density at radius 3 is 2.75 bits per heavy atom. The molecule has 0 aromatic carbocycles. The monoisotopic (exact) mass is 115 g/mol. The van der Waals surface area contributed by atoms with Gasteiger partial charge in [0.15, 0.2) is 0 Å². The maximum atomic E-state index is 3.75. The number of hydrazine groups is 1. The summed E-state index contributed by atoms with van der Waals surface area (Å²) < 4.78 is 0. The second-order valence-electron chi connectivity index (χ2n) is 1.53. The van der Waals surface area contributed by atoms with Crippen LogP contribution in [0.4, 0.5) is 0 Å². The van der Waals surface area contributed by atoms with E-state index in [1.807, 2.05) is 12.1 Å². The normalized spacial score (nSPS) is 11.0. The highest BCUT2D eigenvalue weighted by Crippen LogP contribution is 1.66. The lowest BCUT2D eigenvalue weighted by molar-refractivity contribution is 0.314. The molecule has 48 valence electrons. The summed E-state index contributed by atoms with van der Waals surface area (Å²) in [6.07, 6.45) is 1.66. The Labute approximate surface area is 50.4 Å². The van der Waals surface area contributed by atoms with Crippen molar-refractivity contribution in [3.63, 3.8) is 0 Å². The molecule has 0 saturated heterocycles. The third kappa shape index (κ3) is 3.61. The zero-order valence-electron chi connectivity index (χ0n) is 5.68. The van der Waals surface area contributed by atoms with Gasteiger partial charge in [0.1, 0.15) is 0 Å². The first-order chi connectivity index (χ1) is 3.81. The topological polar surface area (TPSA) is 27.6 Å². The van der Waals surface area contributed by atoms with E-state index in [0.717, 1.165) is 6.54 Å². The van der Waals surface area contributed by atoms with Gasteiger partial charge in [0.05, 0.1) is 6.34 Å². The molecule has 0 radical (unpaired) electrons. The first-order valence-electron chi connectivity index (χ1n) is 2.69. The van der Waals surface area contributed by atoms with Crippen LogP contribution in [-0.2, 0) is 0 Å². The van der Waals surface area contributed by atoms with Gasteiger partial charge in [-0.15, -0.1) is 0 Å². The van der Waals surface area contributed by atoms with Crippen molar-refractivity contribution in [2.45, 2.75) is 6.92 Å². The molecule has 3 heteroatoms. The van der Waals surface area contributed by atoms with Crippen molar-refractivity contribution in [1.29, 1.82) is 0 Å². The molecule has 0 rings (SSSR count). The van der Waals surface area contributed by atoms with Gasteiger partial charge in [0.2, 0.25) is 0 Å². The molecular formula is C5H13N3. The predicted molar refractivity (Wildman–Crippen MR) is 35.9 cm³/mol. The van der Waals surface area contributed by atoms with Crippen molar-refractivity contribution in [3.8, 4) is 0 Å². The van der Waals surface area contributed by atoms with Gasteiger partial charge >= 0.3 is 0 Å². The summed E-state index contributed by atoms with van der Waals surface area (Å²) in [7, 11) is 3.69. The lowest BCUT2D eigenvalue weighted by atomic mass is 10.7. The van der Waals surface area contributed by atoms with E-state index in [0.29, 0.717) is 0 Å². The summed E-state index contributed by atoms with van der Waals surface area (Å²) >= 11 is 0. The highest BCUT2D eigenvalue weighted by atomic mass is 15.5. The summed E-state index contributed by atoms with van der Waals surface area (Å²) in [5, 5.41) is 1.94. The van der Waals surface area contributed by atoms with Gasteiger partial charge in [0.25, 0.3) is 0 Å². The number of nitrogens with zero attached hydrogens (tertiary/aromatic N) is 2. The molecule has 0 aliphatic heterocycles. The zero-order chi connectivity index (χ0) is 6.41. The van der Waals surface area contributed by atoms with Crippen molar-refractivity contribution in [2.75, 3.05) is 20.6 Å². The molecule has 0 aliphatic carbocycles. The average Bonchev–Trinajstić information content (AvgIpc) is 1.83. The van der Waals surface area contributed by atoms with Gasteiger partial charge in [-0.05, 0) is 0 Å². The van der Waals surface area contributed by atoms with E-state index in [1.54, 1.807) is 13.4 Å². The molecule has 0 aromatic heterocycles. The van der Waals surface area contributed by atoms with Crippen molar-refractivity contribution in [3.05, 3.63) is 0 Å².